The molecule has 0 radical (unpaired) electrons. The minimum absolute atomic E-state index is 0.188. The molecule has 0 unspecified atom stereocenters. The summed E-state index contributed by atoms with van der Waals surface area (Å²) in [6.45, 7) is 10.8. The van der Waals surface area contributed by atoms with Crippen LogP contribution in [0.1, 0.15) is 59.9 Å². The topological polar surface area (TPSA) is 94.2 Å². The fraction of sp³-hybridized carbons (Fsp3) is 0.609. The molecular formula is C23H34N2O6. The van der Waals surface area contributed by atoms with E-state index in [-0.39, 0.29) is 12.6 Å². The molecule has 0 aromatic heterocycles. The zero-order chi connectivity index (χ0) is 23.2. The average molecular weight is 435 g/mol. The van der Waals surface area contributed by atoms with Crippen LogP contribution < -0.4 is 5.48 Å². The van der Waals surface area contributed by atoms with E-state index >= 15 is 0 Å². The van der Waals surface area contributed by atoms with Gasteiger partial charge in [0.05, 0.1) is 18.1 Å². The maximum absolute atomic E-state index is 12.8. The molecule has 0 saturated carbocycles. The maximum atomic E-state index is 12.8. The number of nitrogens with one attached hydrogen (secondary N) is 1. The van der Waals surface area contributed by atoms with Crippen molar-refractivity contribution in [2.24, 2.45) is 5.41 Å². The van der Waals surface area contributed by atoms with Crippen molar-refractivity contribution in [3.8, 4) is 0 Å². The SMILES string of the molecule is CC(C)(C)OC(=O)N1C[C@H](NOCc2ccccc2)CC[C@H]1C(=O)OC(=O)C(C)(C)C. The molecule has 8 heteroatoms. The highest BCUT2D eigenvalue weighted by molar-refractivity contribution is 5.92. The summed E-state index contributed by atoms with van der Waals surface area (Å²) in [5.74, 6) is -1.37. The second kappa shape index (κ2) is 10.2. The molecule has 2 rings (SSSR count). The number of likely N-dealkylation sites (tertiary alicyclic amines) is 1. The van der Waals surface area contributed by atoms with Gasteiger partial charge in [-0.05, 0) is 59.9 Å². The first-order chi connectivity index (χ1) is 14.4. The molecule has 1 aliphatic heterocycles. The van der Waals surface area contributed by atoms with Crippen LogP contribution in [-0.2, 0) is 30.5 Å². The molecule has 1 N–H and O–H groups in total. The van der Waals surface area contributed by atoms with Crippen LogP contribution >= 0.6 is 0 Å². The zero-order valence-corrected chi connectivity index (χ0v) is 19.3. The molecule has 1 amide bonds. The Morgan fingerprint density at radius 3 is 2.26 bits per heavy atom. The molecule has 8 nitrogen and oxygen atoms in total. The van der Waals surface area contributed by atoms with E-state index in [9.17, 15) is 14.4 Å². The summed E-state index contributed by atoms with van der Waals surface area (Å²) in [6.07, 6.45) is 0.256. The lowest BCUT2D eigenvalue weighted by molar-refractivity contribution is -0.170. The number of hydroxylamine groups is 1. The third-order valence-corrected chi connectivity index (χ3v) is 4.62. The van der Waals surface area contributed by atoms with Crippen molar-refractivity contribution in [3.05, 3.63) is 35.9 Å². The predicted molar refractivity (Wildman–Crippen MR) is 115 cm³/mol. The van der Waals surface area contributed by atoms with Crippen molar-refractivity contribution >= 4 is 18.0 Å². The monoisotopic (exact) mass is 434 g/mol. The van der Waals surface area contributed by atoms with Gasteiger partial charge in [-0.25, -0.2) is 9.59 Å². The summed E-state index contributed by atoms with van der Waals surface area (Å²) in [6, 6.07) is 8.60. The summed E-state index contributed by atoms with van der Waals surface area (Å²) >= 11 is 0. The molecule has 2 atom stereocenters. The lowest BCUT2D eigenvalue weighted by Gasteiger charge is -2.38. The Labute approximate surface area is 184 Å². The minimum Gasteiger partial charge on any atom is -0.444 e. The third kappa shape index (κ3) is 7.95. The standard InChI is InChI=1S/C23H34N2O6/c1-22(2,3)20(27)30-19(26)18-13-12-17(14-25(18)21(28)31-23(4,5)6)24-29-15-16-10-8-7-9-11-16/h7-11,17-18,24H,12-15H2,1-6H3/t17-,18+/m1/s1. The number of hydrogen-bond donors (Lipinski definition) is 1. The number of amides is 1. The quantitative estimate of drug-likeness (QED) is 0.430. The molecular weight excluding hydrogens is 400 g/mol. The smallest absolute Gasteiger partial charge is 0.411 e. The van der Waals surface area contributed by atoms with E-state index in [1.165, 1.54) is 4.90 Å². The van der Waals surface area contributed by atoms with E-state index in [4.69, 9.17) is 14.3 Å². The van der Waals surface area contributed by atoms with Crippen molar-refractivity contribution in [2.45, 2.75) is 78.7 Å². The highest BCUT2D eigenvalue weighted by Crippen LogP contribution is 2.24. The van der Waals surface area contributed by atoms with Gasteiger partial charge >= 0.3 is 18.0 Å². The molecule has 31 heavy (non-hydrogen) atoms. The van der Waals surface area contributed by atoms with Crippen molar-refractivity contribution in [1.82, 2.24) is 10.4 Å². The van der Waals surface area contributed by atoms with Crippen LogP contribution in [0.4, 0.5) is 4.79 Å². The van der Waals surface area contributed by atoms with Gasteiger partial charge in [0.25, 0.3) is 0 Å². The first-order valence-electron chi connectivity index (χ1n) is 10.5. The van der Waals surface area contributed by atoms with Gasteiger partial charge in [0.2, 0.25) is 0 Å². The highest BCUT2D eigenvalue weighted by Gasteiger charge is 2.41. The fourth-order valence-electron chi connectivity index (χ4n) is 2.96. The number of rotatable bonds is 5. The van der Waals surface area contributed by atoms with Gasteiger partial charge in [-0.1, -0.05) is 30.3 Å². The second-order valence-electron chi connectivity index (χ2n) is 9.77. The van der Waals surface area contributed by atoms with Gasteiger partial charge in [0, 0.05) is 6.54 Å². The number of benzene rings is 1. The van der Waals surface area contributed by atoms with Gasteiger partial charge in [-0.2, -0.15) is 5.48 Å². The third-order valence-electron chi connectivity index (χ3n) is 4.62. The molecule has 1 heterocycles. The average Bonchev–Trinajstić information content (AvgIpc) is 2.66. The number of carbonyl (C=O) groups excluding carboxylic acids is 3. The van der Waals surface area contributed by atoms with Crippen LogP contribution in [0.3, 0.4) is 0 Å². The Bertz CT molecular complexity index is 767. The molecule has 1 aromatic carbocycles. The highest BCUT2D eigenvalue weighted by atomic mass is 16.6. The first kappa shape index (κ1) is 24.8. The van der Waals surface area contributed by atoms with Gasteiger partial charge in [-0.15, -0.1) is 0 Å². The largest absolute Gasteiger partial charge is 0.444 e. The normalized spacial score (nSPS) is 19.6. The van der Waals surface area contributed by atoms with Crippen molar-refractivity contribution in [1.29, 1.82) is 0 Å². The van der Waals surface area contributed by atoms with Crippen LogP contribution in [0, 0.1) is 5.41 Å². The van der Waals surface area contributed by atoms with E-state index in [2.05, 4.69) is 5.48 Å². The number of esters is 2. The van der Waals surface area contributed by atoms with E-state index in [1.807, 2.05) is 30.3 Å². The Kier molecular flexibility index (Phi) is 8.20. The molecule has 1 aromatic rings. The molecule has 1 aliphatic rings. The van der Waals surface area contributed by atoms with Gasteiger partial charge in [0.15, 0.2) is 0 Å². The zero-order valence-electron chi connectivity index (χ0n) is 19.3. The summed E-state index contributed by atoms with van der Waals surface area (Å²) in [5.41, 5.74) is 2.44. The Morgan fingerprint density at radius 2 is 1.68 bits per heavy atom. The van der Waals surface area contributed by atoms with Crippen molar-refractivity contribution in [3.63, 3.8) is 0 Å². The number of carbonyl (C=O) groups is 3. The van der Waals surface area contributed by atoms with E-state index in [0.29, 0.717) is 19.4 Å². The number of piperidine rings is 1. The van der Waals surface area contributed by atoms with E-state index in [1.54, 1.807) is 41.5 Å². The lowest BCUT2D eigenvalue weighted by atomic mass is 9.96. The molecule has 172 valence electrons. The summed E-state index contributed by atoms with van der Waals surface area (Å²) in [4.78, 5) is 44.6. The fourth-order valence-corrected chi connectivity index (χ4v) is 2.96. The number of hydrogen-bond acceptors (Lipinski definition) is 7. The van der Waals surface area contributed by atoms with Crippen LogP contribution in [0.25, 0.3) is 0 Å². The van der Waals surface area contributed by atoms with E-state index in [0.717, 1.165) is 5.56 Å². The summed E-state index contributed by atoms with van der Waals surface area (Å²) in [7, 11) is 0. The van der Waals surface area contributed by atoms with Crippen LogP contribution in [-0.4, -0.2) is 47.2 Å². The maximum Gasteiger partial charge on any atom is 0.411 e. The predicted octanol–water partition coefficient (Wildman–Crippen LogP) is 3.59. The Morgan fingerprint density at radius 1 is 1.03 bits per heavy atom. The Balaban J connectivity index is 2.04. The van der Waals surface area contributed by atoms with Crippen LogP contribution in [0.2, 0.25) is 0 Å². The summed E-state index contributed by atoms with van der Waals surface area (Å²) in [5, 5.41) is 0. The molecule has 0 spiro atoms. The number of nitrogens with zero attached hydrogens (tertiary/aromatic N) is 1. The van der Waals surface area contributed by atoms with E-state index < -0.39 is 35.1 Å². The van der Waals surface area contributed by atoms with Crippen molar-refractivity contribution < 1.29 is 28.7 Å². The van der Waals surface area contributed by atoms with Crippen LogP contribution in [0.5, 0.6) is 0 Å². The van der Waals surface area contributed by atoms with Crippen molar-refractivity contribution in [2.75, 3.05) is 6.54 Å². The second-order valence-corrected chi connectivity index (χ2v) is 9.77. The summed E-state index contributed by atoms with van der Waals surface area (Å²) < 4.78 is 10.5. The minimum atomic E-state index is -0.895. The molecule has 0 aliphatic carbocycles. The first-order valence-corrected chi connectivity index (χ1v) is 10.5. The van der Waals surface area contributed by atoms with Gasteiger partial charge in [-0.3, -0.25) is 14.5 Å². The molecule has 1 saturated heterocycles. The molecule has 1 fully saturated rings. The van der Waals surface area contributed by atoms with Gasteiger partial charge < -0.3 is 9.47 Å². The van der Waals surface area contributed by atoms with Gasteiger partial charge in [0.1, 0.15) is 11.6 Å². The van der Waals surface area contributed by atoms with Crippen LogP contribution in [0.15, 0.2) is 30.3 Å². The number of ether oxygens (including phenoxy) is 2. The Hall–Kier alpha value is -2.45. The molecule has 0 bridgehead atoms. The lowest BCUT2D eigenvalue weighted by Crippen LogP contribution is -2.57.